The van der Waals surface area contributed by atoms with E-state index in [4.69, 9.17) is 4.42 Å². The maximum atomic E-state index is 12.2. The van der Waals surface area contributed by atoms with Gasteiger partial charge in [0.15, 0.2) is 0 Å². The standard InChI is InChI=1S/C15H20BrN3O2/c1-8(2)19-15(20)14(16)13(7-17-19)18-10(4)12-6-9(3)21-11(12)5/h6-8,10,18H,1-5H3. The summed E-state index contributed by atoms with van der Waals surface area (Å²) in [5, 5.41) is 7.51. The summed E-state index contributed by atoms with van der Waals surface area (Å²) in [4.78, 5) is 12.2. The molecule has 1 unspecified atom stereocenters. The summed E-state index contributed by atoms with van der Waals surface area (Å²) < 4.78 is 7.49. The lowest BCUT2D eigenvalue weighted by atomic mass is 10.1. The van der Waals surface area contributed by atoms with Gasteiger partial charge in [0, 0.05) is 5.56 Å². The van der Waals surface area contributed by atoms with Crippen LogP contribution < -0.4 is 10.9 Å². The first-order valence-electron chi connectivity index (χ1n) is 6.92. The van der Waals surface area contributed by atoms with E-state index in [0.717, 1.165) is 17.1 Å². The topological polar surface area (TPSA) is 60.1 Å². The van der Waals surface area contributed by atoms with Crippen LogP contribution in [0.5, 0.6) is 0 Å². The van der Waals surface area contributed by atoms with E-state index in [1.807, 2.05) is 40.7 Å². The Morgan fingerprint density at radius 2 is 2.00 bits per heavy atom. The molecule has 1 atom stereocenters. The Morgan fingerprint density at radius 1 is 1.33 bits per heavy atom. The number of hydrogen-bond donors (Lipinski definition) is 1. The van der Waals surface area contributed by atoms with Crippen LogP contribution in [0.1, 0.15) is 49.9 Å². The summed E-state index contributed by atoms with van der Waals surface area (Å²) in [6, 6.07) is 2.05. The predicted molar refractivity (Wildman–Crippen MR) is 86.8 cm³/mol. The normalized spacial score (nSPS) is 12.7. The Kier molecular flexibility index (Phi) is 4.56. The number of aromatic nitrogens is 2. The van der Waals surface area contributed by atoms with Crippen LogP contribution >= 0.6 is 15.9 Å². The van der Waals surface area contributed by atoms with Gasteiger partial charge in [0.1, 0.15) is 16.0 Å². The molecule has 21 heavy (non-hydrogen) atoms. The summed E-state index contributed by atoms with van der Waals surface area (Å²) in [7, 11) is 0. The van der Waals surface area contributed by atoms with Gasteiger partial charge in [0.2, 0.25) is 0 Å². The number of nitrogens with zero attached hydrogens (tertiary/aromatic N) is 2. The van der Waals surface area contributed by atoms with Crippen LogP contribution in [0.2, 0.25) is 0 Å². The summed E-state index contributed by atoms with van der Waals surface area (Å²) >= 11 is 3.36. The smallest absolute Gasteiger partial charge is 0.283 e. The Balaban J connectivity index is 2.30. The van der Waals surface area contributed by atoms with Crippen molar-refractivity contribution in [3.8, 4) is 0 Å². The second kappa shape index (κ2) is 6.05. The van der Waals surface area contributed by atoms with E-state index in [-0.39, 0.29) is 17.6 Å². The van der Waals surface area contributed by atoms with E-state index < -0.39 is 0 Å². The highest BCUT2D eigenvalue weighted by Crippen LogP contribution is 2.27. The van der Waals surface area contributed by atoms with Crippen molar-refractivity contribution in [3.63, 3.8) is 0 Å². The number of nitrogens with one attached hydrogen (secondary N) is 1. The number of halogens is 1. The van der Waals surface area contributed by atoms with Gasteiger partial charge < -0.3 is 9.73 Å². The SMILES string of the molecule is Cc1cc(C(C)Nc2cnn(C(C)C)c(=O)c2Br)c(C)o1. The molecular weight excluding hydrogens is 334 g/mol. The molecule has 0 aliphatic carbocycles. The molecule has 0 aliphatic heterocycles. The highest BCUT2D eigenvalue weighted by Gasteiger charge is 2.16. The molecule has 2 aromatic heterocycles. The fourth-order valence-corrected chi connectivity index (χ4v) is 2.70. The molecule has 0 bridgehead atoms. The molecule has 0 aromatic carbocycles. The average Bonchev–Trinajstić information content (AvgIpc) is 2.74. The van der Waals surface area contributed by atoms with Crippen molar-refractivity contribution in [1.82, 2.24) is 9.78 Å². The number of aryl methyl sites for hydroxylation is 2. The molecule has 114 valence electrons. The molecule has 2 heterocycles. The first-order valence-corrected chi connectivity index (χ1v) is 7.71. The van der Waals surface area contributed by atoms with Gasteiger partial charge in [0.05, 0.1) is 24.0 Å². The van der Waals surface area contributed by atoms with Crippen molar-refractivity contribution in [2.75, 3.05) is 5.32 Å². The molecule has 5 nitrogen and oxygen atoms in total. The first-order chi connectivity index (χ1) is 9.81. The summed E-state index contributed by atoms with van der Waals surface area (Å²) in [5.74, 6) is 1.76. The van der Waals surface area contributed by atoms with E-state index in [9.17, 15) is 4.79 Å². The number of hydrogen-bond acceptors (Lipinski definition) is 4. The van der Waals surface area contributed by atoms with Gasteiger partial charge in [-0.05, 0) is 56.6 Å². The van der Waals surface area contributed by atoms with Crippen LogP contribution in [0.25, 0.3) is 0 Å². The third-order valence-electron chi connectivity index (χ3n) is 3.35. The Morgan fingerprint density at radius 3 is 2.52 bits per heavy atom. The van der Waals surface area contributed by atoms with Crippen LogP contribution in [0.15, 0.2) is 25.9 Å². The molecule has 0 saturated heterocycles. The molecule has 0 saturated carbocycles. The van der Waals surface area contributed by atoms with E-state index in [0.29, 0.717) is 10.2 Å². The fraction of sp³-hybridized carbons (Fsp3) is 0.467. The van der Waals surface area contributed by atoms with Gasteiger partial charge >= 0.3 is 0 Å². The van der Waals surface area contributed by atoms with Crippen molar-refractivity contribution in [2.24, 2.45) is 0 Å². The zero-order valence-electron chi connectivity index (χ0n) is 12.9. The second-order valence-electron chi connectivity index (χ2n) is 5.45. The monoisotopic (exact) mass is 353 g/mol. The largest absolute Gasteiger partial charge is 0.466 e. The van der Waals surface area contributed by atoms with Crippen molar-refractivity contribution in [1.29, 1.82) is 0 Å². The van der Waals surface area contributed by atoms with Gasteiger partial charge in [0.25, 0.3) is 5.56 Å². The molecule has 0 amide bonds. The molecule has 6 heteroatoms. The predicted octanol–water partition coefficient (Wildman–Crippen LogP) is 3.97. The lowest BCUT2D eigenvalue weighted by Gasteiger charge is -2.17. The first kappa shape index (κ1) is 15.8. The summed E-state index contributed by atoms with van der Waals surface area (Å²) in [5.41, 5.74) is 1.62. The lowest BCUT2D eigenvalue weighted by molar-refractivity contribution is 0.498. The van der Waals surface area contributed by atoms with Crippen LogP contribution in [-0.4, -0.2) is 9.78 Å². The molecule has 2 rings (SSSR count). The summed E-state index contributed by atoms with van der Waals surface area (Å²) in [6.07, 6.45) is 1.67. The van der Waals surface area contributed by atoms with Gasteiger partial charge in [-0.1, -0.05) is 0 Å². The quantitative estimate of drug-likeness (QED) is 0.903. The van der Waals surface area contributed by atoms with Crippen LogP contribution in [0, 0.1) is 13.8 Å². The molecule has 2 aromatic rings. The zero-order chi connectivity index (χ0) is 15.7. The van der Waals surface area contributed by atoms with E-state index in [1.165, 1.54) is 4.68 Å². The Hall–Kier alpha value is -1.56. The lowest BCUT2D eigenvalue weighted by Crippen LogP contribution is -2.26. The van der Waals surface area contributed by atoms with Gasteiger partial charge in [-0.25, -0.2) is 4.68 Å². The van der Waals surface area contributed by atoms with Crippen LogP contribution in [-0.2, 0) is 0 Å². The average molecular weight is 354 g/mol. The van der Waals surface area contributed by atoms with E-state index in [2.05, 4.69) is 26.3 Å². The van der Waals surface area contributed by atoms with Crippen LogP contribution in [0.3, 0.4) is 0 Å². The Bertz CT molecular complexity index is 703. The number of furan rings is 1. The van der Waals surface area contributed by atoms with Crippen molar-refractivity contribution >= 4 is 21.6 Å². The molecule has 0 aliphatic rings. The van der Waals surface area contributed by atoms with Crippen molar-refractivity contribution < 1.29 is 4.42 Å². The molecule has 0 fully saturated rings. The minimum Gasteiger partial charge on any atom is -0.466 e. The summed E-state index contributed by atoms with van der Waals surface area (Å²) in [6.45, 7) is 9.73. The highest BCUT2D eigenvalue weighted by atomic mass is 79.9. The maximum absolute atomic E-state index is 12.2. The molecule has 0 spiro atoms. The molecule has 1 N–H and O–H groups in total. The van der Waals surface area contributed by atoms with Gasteiger partial charge in [-0.3, -0.25) is 4.79 Å². The van der Waals surface area contributed by atoms with Crippen molar-refractivity contribution in [2.45, 2.75) is 46.7 Å². The van der Waals surface area contributed by atoms with Gasteiger partial charge in [-0.2, -0.15) is 5.10 Å². The maximum Gasteiger partial charge on any atom is 0.283 e. The molecule has 0 radical (unpaired) electrons. The van der Waals surface area contributed by atoms with Gasteiger partial charge in [-0.15, -0.1) is 0 Å². The third-order valence-corrected chi connectivity index (χ3v) is 4.12. The minimum absolute atomic E-state index is 0.0230. The minimum atomic E-state index is -0.137. The second-order valence-corrected chi connectivity index (χ2v) is 6.24. The third kappa shape index (κ3) is 3.20. The number of rotatable bonds is 4. The Labute approximate surface area is 132 Å². The van der Waals surface area contributed by atoms with Crippen molar-refractivity contribution in [3.05, 3.63) is 44.2 Å². The number of anilines is 1. The zero-order valence-corrected chi connectivity index (χ0v) is 14.5. The molecular formula is C15H20BrN3O2. The van der Waals surface area contributed by atoms with E-state index in [1.54, 1.807) is 6.20 Å². The fourth-order valence-electron chi connectivity index (χ4n) is 2.30. The highest BCUT2D eigenvalue weighted by molar-refractivity contribution is 9.10. The van der Waals surface area contributed by atoms with Crippen LogP contribution in [0.4, 0.5) is 5.69 Å². The van der Waals surface area contributed by atoms with E-state index >= 15 is 0 Å².